The van der Waals surface area contributed by atoms with Crippen LogP contribution in [-0.2, 0) is 11.3 Å². The minimum atomic E-state index is -0.0195. The van der Waals surface area contributed by atoms with Crippen LogP contribution >= 0.6 is 11.8 Å². The van der Waals surface area contributed by atoms with E-state index < -0.39 is 0 Å². The van der Waals surface area contributed by atoms with Crippen LogP contribution < -0.4 is 16.0 Å². The number of carbonyl (C=O) groups is 1. The van der Waals surface area contributed by atoms with E-state index in [1.165, 1.54) is 12.2 Å². The van der Waals surface area contributed by atoms with Crippen LogP contribution in [0.5, 0.6) is 0 Å². The number of hydrogen-bond donors (Lipinski definition) is 3. The zero-order valence-corrected chi connectivity index (χ0v) is 16.7. The molecule has 0 spiro atoms. The molecule has 5 nitrogen and oxygen atoms in total. The van der Waals surface area contributed by atoms with E-state index in [4.69, 9.17) is 0 Å². The van der Waals surface area contributed by atoms with E-state index in [9.17, 15) is 4.79 Å². The van der Waals surface area contributed by atoms with Crippen molar-refractivity contribution in [2.45, 2.75) is 40.2 Å². The summed E-state index contributed by atoms with van der Waals surface area (Å²) < 4.78 is 0. The molecule has 0 heterocycles. The van der Waals surface area contributed by atoms with Gasteiger partial charge in [-0.05, 0) is 49.5 Å². The largest absolute Gasteiger partial charge is 0.357 e. The van der Waals surface area contributed by atoms with E-state index in [0.29, 0.717) is 6.54 Å². The van der Waals surface area contributed by atoms with Gasteiger partial charge >= 0.3 is 0 Å². The molecule has 25 heavy (non-hydrogen) atoms. The molecule has 1 rings (SSSR count). The summed E-state index contributed by atoms with van der Waals surface area (Å²) in [6, 6.07) is 7.85. The van der Waals surface area contributed by atoms with Crippen molar-refractivity contribution in [1.29, 1.82) is 0 Å². The van der Waals surface area contributed by atoms with Gasteiger partial charge < -0.3 is 16.0 Å². The first-order valence-electron chi connectivity index (χ1n) is 8.97. The van der Waals surface area contributed by atoms with Gasteiger partial charge in [-0.1, -0.05) is 26.0 Å². The smallest absolute Gasteiger partial charge is 0.226 e. The average Bonchev–Trinajstić information content (AvgIpc) is 2.60. The van der Waals surface area contributed by atoms with Crippen molar-refractivity contribution in [2.24, 2.45) is 10.9 Å². The topological polar surface area (TPSA) is 65.5 Å². The maximum Gasteiger partial charge on any atom is 0.226 e. The fourth-order valence-corrected chi connectivity index (χ4v) is 2.56. The summed E-state index contributed by atoms with van der Waals surface area (Å²) >= 11 is 1.88. The highest BCUT2D eigenvalue weighted by atomic mass is 32.2. The van der Waals surface area contributed by atoms with E-state index in [1.54, 1.807) is 0 Å². The molecule has 1 amide bonds. The van der Waals surface area contributed by atoms with Gasteiger partial charge in [0.1, 0.15) is 0 Å². The van der Waals surface area contributed by atoms with Crippen LogP contribution in [0.3, 0.4) is 0 Å². The number of nitrogens with one attached hydrogen (secondary N) is 3. The Morgan fingerprint density at radius 1 is 1.16 bits per heavy atom. The summed E-state index contributed by atoms with van der Waals surface area (Å²) in [5.74, 6) is 2.07. The fraction of sp³-hybridized carbons (Fsp3) is 0.579. The number of carbonyl (C=O) groups excluding carboxylic acids is 1. The summed E-state index contributed by atoms with van der Waals surface area (Å²) in [6.07, 6.45) is 4.51. The summed E-state index contributed by atoms with van der Waals surface area (Å²) in [5.41, 5.74) is 1.94. The zero-order chi connectivity index (χ0) is 18.5. The first-order valence-corrected chi connectivity index (χ1v) is 10.4. The van der Waals surface area contributed by atoms with Crippen molar-refractivity contribution in [1.82, 2.24) is 10.6 Å². The molecule has 0 atom stereocenters. The first-order chi connectivity index (χ1) is 12.1. The summed E-state index contributed by atoms with van der Waals surface area (Å²) in [6.45, 7) is 8.22. The monoisotopic (exact) mass is 364 g/mol. The lowest BCUT2D eigenvalue weighted by atomic mass is 10.2. The highest BCUT2D eigenvalue weighted by Gasteiger charge is 2.06. The Balaban J connectivity index is 2.50. The fourth-order valence-electron chi connectivity index (χ4n) is 2.07. The molecule has 0 aromatic heterocycles. The zero-order valence-electron chi connectivity index (χ0n) is 15.9. The number of anilines is 1. The molecule has 0 bridgehead atoms. The van der Waals surface area contributed by atoms with Gasteiger partial charge in [0, 0.05) is 24.7 Å². The van der Waals surface area contributed by atoms with E-state index >= 15 is 0 Å². The van der Waals surface area contributed by atoms with Gasteiger partial charge in [0.2, 0.25) is 5.91 Å². The molecule has 0 unspecified atom stereocenters. The molecule has 0 saturated heterocycles. The second kappa shape index (κ2) is 12.6. The summed E-state index contributed by atoms with van der Waals surface area (Å²) in [5, 5.41) is 9.54. The highest BCUT2D eigenvalue weighted by molar-refractivity contribution is 7.98. The Morgan fingerprint density at radius 2 is 1.88 bits per heavy atom. The molecule has 0 aliphatic rings. The van der Waals surface area contributed by atoms with E-state index in [2.05, 4.69) is 34.1 Å². The van der Waals surface area contributed by atoms with Crippen LogP contribution in [0.4, 0.5) is 5.69 Å². The second-order valence-corrected chi connectivity index (χ2v) is 7.15. The number of hydrogen-bond acceptors (Lipinski definition) is 3. The van der Waals surface area contributed by atoms with Gasteiger partial charge in [0.15, 0.2) is 5.96 Å². The third kappa shape index (κ3) is 9.39. The quantitative estimate of drug-likeness (QED) is 0.338. The van der Waals surface area contributed by atoms with Crippen molar-refractivity contribution in [3.05, 3.63) is 29.8 Å². The van der Waals surface area contributed by atoms with Crippen molar-refractivity contribution >= 4 is 29.3 Å². The van der Waals surface area contributed by atoms with Crippen LogP contribution in [0.1, 0.15) is 39.2 Å². The predicted octanol–water partition coefficient (Wildman–Crippen LogP) is 3.48. The molecule has 0 radical (unpaired) electrons. The van der Waals surface area contributed by atoms with Crippen LogP contribution in [-0.4, -0.2) is 37.0 Å². The lowest BCUT2D eigenvalue weighted by Gasteiger charge is -2.11. The molecule has 6 heteroatoms. The number of aliphatic imine (C=N–C) groups is 1. The minimum absolute atomic E-state index is 0.0195. The molecule has 140 valence electrons. The average molecular weight is 365 g/mol. The number of nitrogens with zero attached hydrogens (tertiary/aromatic N) is 1. The third-order valence-electron chi connectivity index (χ3n) is 3.58. The van der Waals surface area contributed by atoms with Gasteiger partial charge in [0.05, 0.1) is 6.54 Å². The predicted molar refractivity (Wildman–Crippen MR) is 110 cm³/mol. The first kappa shape index (κ1) is 21.4. The number of amides is 1. The van der Waals surface area contributed by atoms with Gasteiger partial charge in [-0.15, -0.1) is 0 Å². The number of benzene rings is 1. The number of unbranched alkanes of at least 4 members (excludes halogenated alkanes) is 1. The van der Waals surface area contributed by atoms with Crippen LogP contribution in [0.25, 0.3) is 0 Å². The molecular formula is C19H32N4OS. The number of guanidine groups is 1. The van der Waals surface area contributed by atoms with Gasteiger partial charge in [-0.3, -0.25) is 4.79 Å². The van der Waals surface area contributed by atoms with Gasteiger partial charge in [0.25, 0.3) is 0 Å². The highest BCUT2D eigenvalue weighted by Crippen LogP contribution is 2.11. The van der Waals surface area contributed by atoms with Gasteiger partial charge in [-0.2, -0.15) is 11.8 Å². The lowest BCUT2D eigenvalue weighted by molar-refractivity contribution is -0.118. The van der Waals surface area contributed by atoms with Gasteiger partial charge in [-0.25, -0.2) is 4.99 Å². The normalized spacial score (nSPS) is 11.5. The molecule has 0 aliphatic carbocycles. The van der Waals surface area contributed by atoms with E-state index in [-0.39, 0.29) is 11.8 Å². The minimum Gasteiger partial charge on any atom is -0.357 e. The standard InChI is InChI=1S/C19H32N4OS/c1-5-20-19(21-12-6-7-13-25-4)22-14-16-8-10-17(11-9-16)23-18(24)15(2)3/h8-11,15H,5-7,12-14H2,1-4H3,(H,23,24)(H2,20,21,22). The van der Waals surface area contributed by atoms with E-state index in [0.717, 1.165) is 36.7 Å². The van der Waals surface area contributed by atoms with Crippen molar-refractivity contribution < 1.29 is 4.79 Å². The Bertz CT molecular complexity index is 529. The van der Waals surface area contributed by atoms with Crippen LogP contribution in [0, 0.1) is 5.92 Å². The number of thioether (sulfide) groups is 1. The van der Waals surface area contributed by atoms with Crippen molar-refractivity contribution in [3.63, 3.8) is 0 Å². The Kier molecular flexibility index (Phi) is 10.8. The maximum absolute atomic E-state index is 11.7. The summed E-state index contributed by atoms with van der Waals surface area (Å²) in [7, 11) is 0. The molecular weight excluding hydrogens is 332 g/mol. The molecule has 3 N–H and O–H groups in total. The molecule has 0 fully saturated rings. The SMILES string of the molecule is CCNC(=NCc1ccc(NC(=O)C(C)C)cc1)NCCCCSC. The molecule has 1 aromatic rings. The molecule has 1 aromatic carbocycles. The molecule has 0 aliphatic heterocycles. The van der Waals surface area contributed by atoms with Crippen LogP contribution in [0.15, 0.2) is 29.3 Å². The number of rotatable bonds is 10. The maximum atomic E-state index is 11.7. The second-order valence-electron chi connectivity index (χ2n) is 6.16. The van der Waals surface area contributed by atoms with E-state index in [1.807, 2.05) is 49.9 Å². The Morgan fingerprint density at radius 3 is 2.48 bits per heavy atom. The Hall–Kier alpha value is -1.69. The lowest BCUT2D eigenvalue weighted by Crippen LogP contribution is -2.37. The van der Waals surface area contributed by atoms with Crippen molar-refractivity contribution in [3.8, 4) is 0 Å². The Labute approximate surface area is 156 Å². The third-order valence-corrected chi connectivity index (χ3v) is 4.27. The molecule has 0 saturated carbocycles. The van der Waals surface area contributed by atoms with Crippen LogP contribution in [0.2, 0.25) is 0 Å². The van der Waals surface area contributed by atoms with Crippen molar-refractivity contribution in [2.75, 3.05) is 30.4 Å². The summed E-state index contributed by atoms with van der Waals surface area (Å²) in [4.78, 5) is 16.3.